The summed E-state index contributed by atoms with van der Waals surface area (Å²) in [4.78, 5) is 20.6. The third-order valence-electron chi connectivity index (χ3n) is 1.85. The van der Waals surface area contributed by atoms with Crippen LogP contribution in [0.1, 0.15) is 20.4 Å². The molecule has 0 aromatic carbocycles. The number of aryl methyl sites for hydroxylation is 1. The highest BCUT2D eigenvalue weighted by Gasteiger charge is 2.09. The van der Waals surface area contributed by atoms with E-state index in [1.807, 2.05) is 6.92 Å². The Labute approximate surface area is 100 Å². The molecule has 0 radical (unpaired) electrons. The fourth-order valence-corrected chi connectivity index (χ4v) is 2.41. The zero-order valence-corrected chi connectivity index (χ0v) is 10.2. The van der Waals surface area contributed by atoms with Gasteiger partial charge >= 0.3 is 0 Å². The molecule has 2 aromatic heterocycles. The van der Waals surface area contributed by atoms with Crippen molar-refractivity contribution < 1.29 is 4.79 Å². The molecule has 0 saturated carbocycles. The normalized spacial score (nSPS) is 10.3. The first-order chi connectivity index (χ1) is 7.65. The Kier molecular flexibility index (Phi) is 3.16. The first-order valence-corrected chi connectivity index (χ1v) is 6.25. The van der Waals surface area contributed by atoms with Gasteiger partial charge in [0.1, 0.15) is 5.69 Å². The van der Waals surface area contributed by atoms with Gasteiger partial charge in [-0.25, -0.2) is 9.97 Å². The second kappa shape index (κ2) is 4.58. The van der Waals surface area contributed by atoms with Crippen molar-refractivity contribution in [1.29, 1.82) is 0 Å². The van der Waals surface area contributed by atoms with Crippen molar-refractivity contribution in [1.82, 2.24) is 15.3 Å². The van der Waals surface area contributed by atoms with E-state index in [0.29, 0.717) is 17.4 Å². The summed E-state index contributed by atoms with van der Waals surface area (Å²) < 4.78 is 0. The highest BCUT2D eigenvalue weighted by atomic mass is 32.1. The second-order valence-electron chi connectivity index (χ2n) is 3.10. The number of nitrogens with two attached hydrogens (primary N) is 1. The summed E-state index contributed by atoms with van der Waals surface area (Å²) in [5, 5.41) is 5.79. The van der Waals surface area contributed by atoms with Crippen LogP contribution in [0.25, 0.3) is 0 Å². The zero-order chi connectivity index (χ0) is 11.5. The standard InChI is InChI=1S/C9H10N4OS2/c1-5-11-2-6(16-5)3-12-8(14)7-4-15-9(10)13-7/h2,4H,3H2,1H3,(H2,10,13)(H,12,14). The molecule has 0 bridgehead atoms. The molecule has 0 fully saturated rings. The molecule has 2 heterocycles. The minimum atomic E-state index is -0.209. The summed E-state index contributed by atoms with van der Waals surface area (Å²) in [6.45, 7) is 2.40. The third-order valence-corrected chi connectivity index (χ3v) is 3.43. The van der Waals surface area contributed by atoms with E-state index in [1.165, 1.54) is 11.3 Å². The molecular formula is C9H10N4OS2. The number of rotatable bonds is 3. The average Bonchev–Trinajstić information content (AvgIpc) is 2.84. The van der Waals surface area contributed by atoms with Gasteiger partial charge in [0.2, 0.25) is 0 Å². The Balaban J connectivity index is 1.93. The molecular weight excluding hydrogens is 244 g/mol. The monoisotopic (exact) mass is 254 g/mol. The highest BCUT2D eigenvalue weighted by Crippen LogP contribution is 2.13. The van der Waals surface area contributed by atoms with Crippen LogP contribution in [0.15, 0.2) is 11.6 Å². The Hall–Kier alpha value is -1.47. The summed E-state index contributed by atoms with van der Waals surface area (Å²) >= 11 is 2.82. The quantitative estimate of drug-likeness (QED) is 0.868. The van der Waals surface area contributed by atoms with Crippen molar-refractivity contribution in [3.05, 3.63) is 27.2 Å². The Morgan fingerprint density at radius 3 is 3.00 bits per heavy atom. The lowest BCUT2D eigenvalue weighted by atomic mass is 10.4. The van der Waals surface area contributed by atoms with E-state index in [1.54, 1.807) is 22.9 Å². The van der Waals surface area contributed by atoms with Gasteiger partial charge in [-0.1, -0.05) is 0 Å². The van der Waals surface area contributed by atoms with Crippen LogP contribution in [0.3, 0.4) is 0 Å². The smallest absolute Gasteiger partial charge is 0.271 e. The fourth-order valence-electron chi connectivity index (χ4n) is 1.14. The van der Waals surface area contributed by atoms with Crippen LogP contribution >= 0.6 is 22.7 Å². The summed E-state index contributed by atoms with van der Waals surface area (Å²) in [6.07, 6.45) is 1.76. The predicted octanol–water partition coefficient (Wildman–Crippen LogP) is 1.42. The SMILES string of the molecule is Cc1ncc(CNC(=O)c2csc(N)n2)s1. The number of carbonyl (C=O) groups excluding carboxylic acids is 1. The van der Waals surface area contributed by atoms with Crippen molar-refractivity contribution in [3.8, 4) is 0 Å². The van der Waals surface area contributed by atoms with Gasteiger partial charge in [-0.15, -0.1) is 22.7 Å². The molecule has 16 heavy (non-hydrogen) atoms. The van der Waals surface area contributed by atoms with Gasteiger partial charge in [0.15, 0.2) is 5.13 Å². The number of carbonyl (C=O) groups is 1. The largest absolute Gasteiger partial charge is 0.375 e. The van der Waals surface area contributed by atoms with Crippen LogP contribution in [0, 0.1) is 6.92 Å². The summed E-state index contributed by atoms with van der Waals surface area (Å²) in [7, 11) is 0. The van der Waals surface area contributed by atoms with Crippen LogP contribution < -0.4 is 11.1 Å². The topological polar surface area (TPSA) is 80.9 Å². The Morgan fingerprint density at radius 2 is 2.44 bits per heavy atom. The highest BCUT2D eigenvalue weighted by molar-refractivity contribution is 7.13. The molecule has 0 aliphatic carbocycles. The molecule has 2 aromatic rings. The van der Waals surface area contributed by atoms with E-state index < -0.39 is 0 Å². The molecule has 5 nitrogen and oxygen atoms in total. The van der Waals surface area contributed by atoms with Gasteiger partial charge in [-0.3, -0.25) is 4.79 Å². The van der Waals surface area contributed by atoms with Gasteiger partial charge in [0.05, 0.1) is 11.6 Å². The number of amides is 1. The number of nitrogens with zero attached hydrogens (tertiary/aromatic N) is 2. The molecule has 0 aliphatic heterocycles. The molecule has 1 amide bonds. The molecule has 2 rings (SSSR count). The van der Waals surface area contributed by atoms with E-state index >= 15 is 0 Å². The summed E-state index contributed by atoms with van der Waals surface area (Å²) in [5.74, 6) is -0.209. The third kappa shape index (κ3) is 2.56. The van der Waals surface area contributed by atoms with Crippen LogP contribution in [0.2, 0.25) is 0 Å². The van der Waals surface area contributed by atoms with E-state index in [2.05, 4.69) is 15.3 Å². The first kappa shape index (κ1) is 11.0. The molecule has 0 spiro atoms. The summed E-state index contributed by atoms with van der Waals surface area (Å²) in [6, 6.07) is 0. The van der Waals surface area contributed by atoms with Crippen LogP contribution in [0.4, 0.5) is 5.13 Å². The zero-order valence-electron chi connectivity index (χ0n) is 8.56. The fraction of sp³-hybridized carbons (Fsp3) is 0.222. The van der Waals surface area contributed by atoms with E-state index in [0.717, 1.165) is 9.88 Å². The number of hydrogen-bond acceptors (Lipinski definition) is 6. The predicted molar refractivity (Wildman–Crippen MR) is 64.5 cm³/mol. The lowest BCUT2D eigenvalue weighted by Crippen LogP contribution is -2.22. The number of nitrogens with one attached hydrogen (secondary N) is 1. The van der Waals surface area contributed by atoms with Gasteiger partial charge < -0.3 is 11.1 Å². The van der Waals surface area contributed by atoms with Gasteiger partial charge in [0, 0.05) is 16.5 Å². The minimum absolute atomic E-state index is 0.209. The van der Waals surface area contributed by atoms with E-state index in [4.69, 9.17) is 5.73 Å². The number of anilines is 1. The minimum Gasteiger partial charge on any atom is -0.375 e. The van der Waals surface area contributed by atoms with Crippen LogP contribution in [0.5, 0.6) is 0 Å². The molecule has 7 heteroatoms. The van der Waals surface area contributed by atoms with Crippen LogP contribution in [-0.2, 0) is 6.54 Å². The molecule has 0 aliphatic rings. The van der Waals surface area contributed by atoms with Crippen molar-refractivity contribution in [2.45, 2.75) is 13.5 Å². The summed E-state index contributed by atoms with van der Waals surface area (Å²) in [5.41, 5.74) is 5.81. The molecule has 0 unspecified atom stereocenters. The number of aromatic nitrogens is 2. The van der Waals surface area contributed by atoms with Crippen molar-refractivity contribution in [3.63, 3.8) is 0 Å². The average molecular weight is 254 g/mol. The van der Waals surface area contributed by atoms with Crippen molar-refractivity contribution >= 4 is 33.7 Å². The molecule has 0 atom stereocenters. The van der Waals surface area contributed by atoms with Gasteiger partial charge in [-0.05, 0) is 6.92 Å². The first-order valence-electron chi connectivity index (χ1n) is 4.55. The molecule has 0 saturated heterocycles. The lowest BCUT2D eigenvalue weighted by Gasteiger charge is -1.99. The van der Waals surface area contributed by atoms with E-state index in [-0.39, 0.29) is 5.91 Å². The maximum absolute atomic E-state index is 11.6. The van der Waals surface area contributed by atoms with E-state index in [9.17, 15) is 4.79 Å². The number of nitrogen functional groups attached to an aromatic ring is 1. The van der Waals surface area contributed by atoms with Gasteiger partial charge in [0.25, 0.3) is 5.91 Å². The van der Waals surface area contributed by atoms with Crippen molar-refractivity contribution in [2.75, 3.05) is 5.73 Å². The molecule has 84 valence electrons. The number of thiazole rings is 2. The maximum atomic E-state index is 11.6. The maximum Gasteiger partial charge on any atom is 0.271 e. The Morgan fingerprint density at radius 1 is 1.62 bits per heavy atom. The van der Waals surface area contributed by atoms with Crippen molar-refractivity contribution in [2.24, 2.45) is 0 Å². The lowest BCUT2D eigenvalue weighted by molar-refractivity contribution is 0.0947. The van der Waals surface area contributed by atoms with Crippen LogP contribution in [-0.4, -0.2) is 15.9 Å². The Bertz CT molecular complexity index is 505. The molecule has 3 N–H and O–H groups in total. The number of hydrogen-bond donors (Lipinski definition) is 2. The van der Waals surface area contributed by atoms with Gasteiger partial charge in [-0.2, -0.15) is 0 Å². The second-order valence-corrected chi connectivity index (χ2v) is 5.31.